The average molecular weight is 329 g/mol. The van der Waals surface area contributed by atoms with Crippen LogP contribution in [0.2, 0.25) is 0 Å². The fourth-order valence-electron chi connectivity index (χ4n) is 2.73. The van der Waals surface area contributed by atoms with E-state index in [9.17, 15) is 0 Å². The van der Waals surface area contributed by atoms with Crippen LogP contribution in [0.4, 0.5) is 0 Å². The summed E-state index contributed by atoms with van der Waals surface area (Å²) >= 11 is 5.43. The molecular formula is C14H21BrN2S. The lowest BCUT2D eigenvalue weighted by Crippen LogP contribution is -2.45. The molecule has 1 aliphatic carbocycles. The van der Waals surface area contributed by atoms with Crippen molar-refractivity contribution in [3.8, 4) is 0 Å². The van der Waals surface area contributed by atoms with Crippen LogP contribution in [0.1, 0.15) is 37.0 Å². The van der Waals surface area contributed by atoms with Gasteiger partial charge < -0.3 is 5.32 Å². The second-order valence-corrected chi connectivity index (χ2v) is 8.06. The van der Waals surface area contributed by atoms with Crippen LogP contribution < -0.4 is 5.32 Å². The summed E-state index contributed by atoms with van der Waals surface area (Å²) in [6.07, 6.45) is 6.93. The van der Waals surface area contributed by atoms with Crippen LogP contribution in [0.15, 0.2) is 15.9 Å². The molecule has 0 bridgehead atoms. The van der Waals surface area contributed by atoms with Crippen LogP contribution in [-0.2, 0) is 6.54 Å². The Balaban J connectivity index is 1.56. The van der Waals surface area contributed by atoms with E-state index in [0.717, 1.165) is 18.6 Å². The van der Waals surface area contributed by atoms with Gasteiger partial charge in [-0.15, -0.1) is 11.3 Å². The van der Waals surface area contributed by atoms with E-state index in [1.807, 2.05) is 11.3 Å². The van der Waals surface area contributed by atoms with Crippen LogP contribution in [0, 0.1) is 0 Å². The van der Waals surface area contributed by atoms with Gasteiger partial charge in [0.05, 0.1) is 3.79 Å². The highest BCUT2D eigenvalue weighted by Gasteiger charge is 2.26. The number of piperidine rings is 1. The molecule has 3 rings (SSSR count). The second kappa shape index (κ2) is 6.04. The van der Waals surface area contributed by atoms with Gasteiger partial charge in [0, 0.05) is 30.1 Å². The van der Waals surface area contributed by atoms with E-state index in [-0.39, 0.29) is 0 Å². The Hall–Kier alpha value is 0.1000. The highest BCUT2D eigenvalue weighted by atomic mass is 79.9. The molecule has 2 aliphatic rings. The van der Waals surface area contributed by atoms with Crippen molar-refractivity contribution in [1.82, 2.24) is 10.2 Å². The number of likely N-dealkylation sites (tertiary alicyclic amines) is 1. The number of halogens is 1. The maximum absolute atomic E-state index is 3.70. The van der Waals surface area contributed by atoms with Crippen LogP contribution in [0.5, 0.6) is 0 Å². The molecule has 0 radical (unpaired) electrons. The zero-order chi connectivity index (χ0) is 12.4. The molecule has 2 heterocycles. The first-order valence-electron chi connectivity index (χ1n) is 7.03. The molecule has 100 valence electrons. The molecule has 0 amide bonds. The van der Waals surface area contributed by atoms with Crippen molar-refractivity contribution in [2.75, 3.05) is 13.1 Å². The Morgan fingerprint density at radius 3 is 2.89 bits per heavy atom. The van der Waals surface area contributed by atoms with Gasteiger partial charge in [0.25, 0.3) is 0 Å². The molecule has 2 nitrogen and oxygen atoms in total. The Kier molecular flexibility index (Phi) is 4.39. The van der Waals surface area contributed by atoms with Crippen molar-refractivity contribution in [3.63, 3.8) is 0 Å². The van der Waals surface area contributed by atoms with Crippen molar-refractivity contribution in [1.29, 1.82) is 0 Å². The Labute approximate surface area is 122 Å². The molecule has 1 N–H and O–H groups in total. The highest BCUT2D eigenvalue weighted by molar-refractivity contribution is 9.11. The SMILES string of the molecule is Brc1ccc(CN2CCCCC2CNC2CC2)s1. The molecule has 1 aliphatic heterocycles. The molecule has 1 saturated carbocycles. The minimum absolute atomic E-state index is 0.750. The quantitative estimate of drug-likeness (QED) is 0.888. The molecule has 2 fully saturated rings. The fraction of sp³-hybridized carbons (Fsp3) is 0.714. The predicted molar refractivity (Wildman–Crippen MR) is 81.1 cm³/mol. The van der Waals surface area contributed by atoms with Gasteiger partial charge in [-0.2, -0.15) is 0 Å². The van der Waals surface area contributed by atoms with Crippen LogP contribution in [0.3, 0.4) is 0 Å². The van der Waals surface area contributed by atoms with Gasteiger partial charge >= 0.3 is 0 Å². The number of thiophene rings is 1. The van der Waals surface area contributed by atoms with E-state index in [1.54, 1.807) is 0 Å². The Morgan fingerprint density at radius 1 is 1.28 bits per heavy atom. The Bertz CT molecular complexity index is 389. The minimum atomic E-state index is 0.750. The largest absolute Gasteiger partial charge is 0.312 e. The molecule has 0 spiro atoms. The smallest absolute Gasteiger partial charge is 0.0701 e. The lowest BCUT2D eigenvalue weighted by Gasteiger charge is -2.35. The zero-order valence-electron chi connectivity index (χ0n) is 10.7. The minimum Gasteiger partial charge on any atom is -0.312 e. The van der Waals surface area contributed by atoms with Crippen molar-refractivity contribution >= 4 is 27.3 Å². The third-order valence-electron chi connectivity index (χ3n) is 3.96. The lowest BCUT2D eigenvalue weighted by molar-refractivity contribution is 0.138. The van der Waals surface area contributed by atoms with Gasteiger partial charge in [0.1, 0.15) is 0 Å². The number of nitrogens with one attached hydrogen (secondary N) is 1. The van der Waals surface area contributed by atoms with E-state index < -0.39 is 0 Å². The molecule has 1 atom stereocenters. The van der Waals surface area contributed by atoms with Crippen LogP contribution >= 0.6 is 27.3 Å². The topological polar surface area (TPSA) is 15.3 Å². The normalized spacial score (nSPS) is 25.5. The summed E-state index contributed by atoms with van der Waals surface area (Å²) < 4.78 is 1.25. The first-order valence-corrected chi connectivity index (χ1v) is 8.64. The summed E-state index contributed by atoms with van der Waals surface area (Å²) in [5.41, 5.74) is 0. The Morgan fingerprint density at radius 2 is 2.17 bits per heavy atom. The summed E-state index contributed by atoms with van der Waals surface area (Å²) in [4.78, 5) is 4.16. The second-order valence-electron chi connectivity index (χ2n) is 5.51. The van der Waals surface area contributed by atoms with E-state index in [0.29, 0.717) is 0 Å². The van der Waals surface area contributed by atoms with Gasteiger partial charge in [0.2, 0.25) is 0 Å². The molecule has 1 aromatic heterocycles. The summed E-state index contributed by atoms with van der Waals surface area (Å²) in [5.74, 6) is 0. The van der Waals surface area contributed by atoms with E-state index in [2.05, 4.69) is 38.3 Å². The molecular weight excluding hydrogens is 308 g/mol. The monoisotopic (exact) mass is 328 g/mol. The molecule has 0 aromatic carbocycles. The van der Waals surface area contributed by atoms with Gasteiger partial charge in [-0.3, -0.25) is 4.90 Å². The molecule has 4 heteroatoms. The van der Waals surface area contributed by atoms with Crippen molar-refractivity contribution in [2.24, 2.45) is 0 Å². The number of hydrogen-bond donors (Lipinski definition) is 1. The first kappa shape index (κ1) is 13.1. The van der Waals surface area contributed by atoms with Gasteiger partial charge in [-0.1, -0.05) is 6.42 Å². The first-order chi connectivity index (χ1) is 8.81. The molecule has 1 saturated heterocycles. The van der Waals surface area contributed by atoms with Crippen molar-refractivity contribution < 1.29 is 0 Å². The zero-order valence-corrected chi connectivity index (χ0v) is 13.1. The lowest BCUT2D eigenvalue weighted by atomic mass is 10.0. The number of nitrogens with zero attached hydrogens (tertiary/aromatic N) is 1. The summed E-state index contributed by atoms with van der Waals surface area (Å²) in [7, 11) is 0. The van der Waals surface area contributed by atoms with Gasteiger partial charge in [0.15, 0.2) is 0 Å². The summed E-state index contributed by atoms with van der Waals surface area (Å²) in [6, 6.07) is 6.01. The predicted octanol–water partition coefficient (Wildman–Crippen LogP) is 3.62. The summed E-state index contributed by atoms with van der Waals surface area (Å²) in [6.45, 7) is 3.59. The molecule has 1 unspecified atom stereocenters. The van der Waals surface area contributed by atoms with E-state index >= 15 is 0 Å². The fourth-order valence-corrected chi connectivity index (χ4v) is 4.24. The maximum Gasteiger partial charge on any atom is 0.0701 e. The third kappa shape index (κ3) is 3.56. The van der Waals surface area contributed by atoms with Crippen LogP contribution in [-0.4, -0.2) is 30.1 Å². The standard InChI is InChI=1S/C14H21BrN2S/c15-14-7-6-13(18-14)10-17-8-2-1-3-12(17)9-16-11-4-5-11/h6-7,11-12,16H,1-5,8-10H2. The molecule has 18 heavy (non-hydrogen) atoms. The average Bonchev–Trinajstić information content (AvgIpc) is 3.12. The highest BCUT2D eigenvalue weighted by Crippen LogP contribution is 2.26. The molecule has 1 aromatic rings. The van der Waals surface area contributed by atoms with Gasteiger partial charge in [-0.05, 0) is 60.3 Å². The van der Waals surface area contributed by atoms with Crippen LogP contribution in [0.25, 0.3) is 0 Å². The summed E-state index contributed by atoms with van der Waals surface area (Å²) in [5, 5.41) is 3.70. The van der Waals surface area contributed by atoms with Crippen molar-refractivity contribution in [2.45, 2.75) is 50.7 Å². The number of hydrogen-bond acceptors (Lipinski definition) is 3. The number of rotatable bonds is 5. The van der Waals surface area contributed by atoms with Crippen molar-refractivity contribution in [3.05, 3.63) is 20.8 Å². The third-order valence-corrected chi connectivity index (χ3v) is 5.56. The van der Waals surface area contributed by atoms with E-state index in [1.165, 1.54) is 53.9 Å². The van der Waals surface area contributed by atoms with Gasteiger partial charge in [-0.25, -0.2) is 0 Å². The maximum atomic E-state index is 3.70. The van der Waals surface area contributed by atoms with E-state index in [4.69, 9.17) is 0 Å².